The second-order valence-corrected chi connectivity index (χ2v) is 9.54. The molecule has 0 spiro atoms. The number of nitrogens with zero attached hydrogens (tertiary/aromatic N) is 2. The van der Waals surface area contributed by atoms with E-state index < -0.39 is 66.0 Å². The van der Waals surface area contributed by atoms with Gasteiger partial charge in [-0.05, 0) is 73.7 Å². The number of benzene rings is 2. The van der Waals surface area contributed by atoms with Crippen LogP contribution in [0.2, 0.25) is 0 Å². The Balaban J connectivity index is 1.96. The third-order valence-corrected chi connectivity index (χ3v) is 6.90. The second-order valence-electron chi connectivity index (χ2n) is 9.54. The van der Waals surface area contributed by atoms with E-state index in [-0.39, 0.29) is 31.0 Å². The van der Waals surface area contributed by atoms with Gasteiger partial charge in [-0.15, -0.1) is 0 Å². The summed E-state index contributed by atoms with van der Waals surface area (Å²) in [7, 11) is 1.26. The number of alkyl halides is 7. The number of aryl methyl sites for hydroxylation is 1. The molecule has 214 valence electrons. The molecule has 1 aliphatic rings. The topological polar surface area (TPSA) is 52.7 Å². The van der Waals surface area contributed by atoms with Gasteiger partial charge in [0.1, 0.15) is 5.82 Å². The van der Waals surface area contributed by atoms with Gasteiger partial charge in [-0.3, -0.25) is 4.79 Å². The third-order valence-electron chi connectivity index (χ3n) is 6.90. The molecule has 0 saturated carbocycles. The van der Waals surface area contributed by atoms with Crippen LogP contribution in [-0.2, 0) is 17.1 Å². The maximum atomic E-state index is 13.8. The van der Waals surface area contributed by atoms with E-state index in [2.05, 4.69) is 5.32 Å². The summed E-state index contributed by atoms with van der Waals surface area (Å²) in [5.41, 5.74) is -2.34. The van der Waals surface area contributed by atoms with Crippen LogP contribution in [0.25, 0.3) is 0 Å². The van der Waals surface area contributed by atoms with Crippen molar-refractivity contribution in [3.8, 4) is 0 Å². The van der Waals surface area contributed by atoms with Crippen molar-refractivity contribution in [3.05, 3.63) is 70.0 Å². The fourth-order valence-corrected chi connectivity index (χ4v) is 4.71. The van der Waals surface area contributed by atoms with Crippen LogP contribution in [-0.4, -0.2) is 48.0 Å². The van der Waals surface area contributed by atoms with Gasteiger partial charge in [0, 0.05) is 19.6 Å². The Morgan fingerprint density at radius 2 is 1.64 bits per heavy atom. The fraction of sp³-hybridized carbons (Fsp3) is 0.462. The molecule has 5 nitrogen and oxygen atoms in total. The summed E-state index contributed by atoms with van der Waals surface area (Å²) >= 11 is 0. The predicted molar refractivity (Wildman–Crippen MR) is 126 cm³/mol. The van der Waals surface area contributed by atoms with E-state index in [0.717, 1.165) is 4.90 Å². The molecule has 1 unspecified atom stereocenters. The molecule has 0 aromatic heterocycles. The highest BCUT2D eigenvalue weighted by molar-refractivity contribution is 5.78. The predicted octanol–water partition coefficient (Wildman–Crippen LogP) is 6.58. The Morgan fingerprint density at radius 3 is 2.15 bits per heavy atom. The Bertz CT molecular complexity index is 1180. The van der Waals surface area contributed by atoms with Gasteiger partial charge < -0.3 is 15.1 Å². The monoisotopic (exact) mass is 565 g/mol. The number of piperidine rings is 1. The lowest BCUT2D eigenvalue weighted by molar-refractivity contribution is -0.143. The minimum Gasteiger partial charge on any atom is -0.351 e. The average Bonchev–Trinajstić information content (AvgIpc) is 2.86. The molecule has 2 aromatic rings. The summed E-state index contributed by atoms with van der Waals surface area (Å²) in [5, 5.41) is 2.52. The van der Waals surface area contributed by atoms with E-state index in [4.69, 9.17) is 0 Å². The first-order valence-corrected chi connectivity index (χ1v) is 12.0. The average molecular weight is 566 g/mol. The number of carbonyl (C=O) groups excluding carboxylic acids is 2. The first kappa shape index (κ1) is 30.2. The van der Waals surface area contributed by atoms with Crippen molar-refractivity contribution in [3.63, 3.8) is 0 Å². The zero-order chi connectivity index (χ0) is 29.3. The molecule has 1 aliphatic heterocycles. The van der Waals surface area contributed by atoms with Crippen LogP contribution in [0.1, 0.15) is 59.7 Å². The number of amides is 3. The highest BCUT2D eigenvalue weighted by Gasteiger charge is 2.39. The Morgan fingerprint density at radius 1 is 1.05 bits per heavy atom. The molecular formula is C26H27F8N3O2. The molecule has 3 amide bonds. The summed E-state index contributed by atoms with van der Waals surface area (Å²) in [6.07, 6.45) is -9.74. The molecule has 3 rings (SSSR count). The number of carbonyl (C=O) groups is 2. The van der Waals surface area contributed by atoms with Crippen LogP contribution in [0, 0.1) is 12.7 Å². The lowest BCUT2D eigenvalue weighted by Gasteiger charge is -2.43. The van der Waals surface area contributed by atoms with Crippen molar-refractivity contribution in [1.82, 2.24) is 15.1 Å². The summed E-state index contributed by atoms with van der Waals surface area (Å²) < 4.78 is 107. The van der Waals surface area contributed by atoms with Crippen molar-refractivity contribution in [2.24, 2.45) is 0 Å². The van der Waals surface area contributed by atoms with E-state index in [1.807, 2.05) is 0 Å². The number of rotatable bonds is 5. The van der Waals surface area contributed by atoms with E-state index in [1.54, 1.807) is 6.92 Å². The zero-order valence-corrected chi connectivity index (χ0v) is 21.3. The number of likely N-dealkylation sites (tertiary alicyclic amines) is 1. The largest absolute Gasteiger partial charge is 0.416 e. The summed E-state index contributed by atoms with van der Waals surface area (Å²) in [5.74, 6) is -1.37. The van der Waals surface area contributed by atoms with Crippen molar-refractivity contribution in [1.29, 1.82) is 0 Å². The van der Waals surface area contributed by atoms with E-state index >= 15 is 0 Å². The van der Waals surface area contributed by atoms with Crippen LogP contribution in [0.4, 0.5) is 39.9 Å². The molecule has 13 heteroatoms. The van der Waals surface area contributed by atoms with Crippen LogP contribution in [0.15, 0.2) is 36.4 Å². The van der Waals surface area contributed by atoms with Gasteiger partial charge in [0.2, 0.25) is 0 Å². The van der Waals surface area contributed by atoms with Gasteiger partial charge in [-0.25, -0.2) is 13.6 Å². The van der Waals surface area contributed by atoms with Crippen molar-refractivity contribution >= 4 is 11.9 Å². The van der Waals surface area contributed by atoms with Crippen molar-refractivity contribution in [2.75, 3.05) is 20.3 Å². The van der Waals surface area contributed by atoms with E-state index in [9.17, 15) is 44.7 Å². The minimum atomic E-state index is -5.05. The van der Waals surface area contributed by atoms with Crippen molar-refractivity contribution in [2.45, 2.75) is 57.2 Å². The zero-order valence-electron chi connectivity index (χ0n) is 21.3. The minimum absolute atomic E-state index is 0.0157. The lowest BCUT2D eigenvalue weighted by Crippen LogP contribution is -2.52. The van der Waals surface area contributed by atoms with Crippen LogP contribution >= 0.6 is 0 Å². The first-order chi connectivity index (χ1) is 18.0. The molecule has 0 aliphatic carbocycles. The fourth-order valence-electron chi connectivity index (χ4n) is 4.71. The first-order valence-electron chi connectivity index (χ1n) is 12.0. The normalized spacial score (nSPS) is 19.0. The lowest BCUT2D eigenvalue weighted by atomic mass is 9.89. The van der Waals surface area contributed by atoms with Gasteiger partial charge in [-0.1, -0.05) is 6.07 Å². The van der Waals surface area contributed by atoms with E-state index in [0.29, 0.717) is 23.3 Å². The summed E-state index contributed by atoms with van der Waals surface area (Å²) in [4.78, 5) is 27.6. The molecule has 1 saturated heterocycles. The maximum absolute atomic E-state index is 13.8. The number of hydrogen-bond acceptors (Lipinski definition) is 2. The van der Waals surface area contributed by atoms with E-state index in [1.165, 1.54) is 37.1 Å². The molecule has 1 heterocycles. The highest BCUT2D eigenvalue weighted by atomic mass is 19.4. The molecule has 1 fully saturated rings. The quantitative estimate of drug-likeness (QED) is 0.417. The van der Waals surface area contributed by atoms with Crippen LogP contribution in [0.3, 0.4) is 0 Å². The highest BCUT2D eigenvalue weighted by Crippen LogP contribution is 2.39. The number of urea groups is 1. The molecule has 0 radical (unpaired) electrons. The molecule has 3 atom stereocenters. The van der Waals surface area contributed by atoms with Gasteiger partial charge in [0.25, 0.3) is 5.91 Å². The van der Waals surface area contributed by atoms with Gasteiger partial charge >= 0.3 is 18.4 Å². The Kier molecular flexibility index (Phi) is 8.81. The standard InChI is InChI=1S/C26H27F8N3O2/c1-14-8-19(28)4-5-21(14)22-12-20(35-23(38)13-27)6-7-37(22)24(39)36(3)15(2)16-9-17(25(29,30)31)11-18(10-16)26(32,33)34/h4-5,8-11,15,20,22H,6-7,12-13H2,1-3H3,(H,35,38)/t15?,20-,22+/m0/s1. The molecular weight excluding hydrogens is 538 g/mol. The summed E-state index contributed by atoms with van der Waals surface area (Å²) in [6, 6.07) is 1.90. The molecule has 1 N–H and O–H groups in total. The van der Waals surface area contributed by atoms with Crippen molar-refractivity contribution < 1.29 is 44.7 Å². The SMILES string of the molecule is Cc1cc(F)ccc1[C@H]1C[C@@H](NC(=O)CF)CCN1C(=O)N(C)C(C)c1cc(C(F)(F)F)cc(C(F)(F)F)c1. The van der Waals surface area contributed by atoms with Gasteiger partial charge in [-0.2, -0.15) is 26.3 Å². The Hall–Kier alpha value is -3.38. The number of nitrogens with one attached hydrogen (secondary N) is 1. The Labute approximate surface area is 219 Å². The maximum Gasteiger partial charge on any atom is 0.416 e. The van der Waals surface area contributed by atoms with Gasteiger partial charge in [0.05, 0.1) is 23.2 Å². The van der Waals surface area contributed by atoms with Gasteiger partial charge in [0.15, 0.2) is 6.67 Å². The summed E-state index contributed by atoms with van der Waals surface area (Å²) in [6.45, 7) is 1.71. The number of hydrogen-bond donors (Lipinski definition) is 1. The molecule has 39 heavy (non-hydrogen) atoms. The third kappa shape index (κ3) is 6.99. The number of halogens is 8. The molecule has 2 aromatic carbocycles. The van der Waals surface area contributed by atoms with Crippen LogP contribution < -0.4 is 5.32 Å². The van der Waals surface area contributed by atoms with Crippen LogP contribution in [0.5, 0.6) is 0 Å². The smallest absolute Gasteiger partial charge is 0.351 e. The second kappa shape index (κ2) is 11.4. The molecule has 0 bridgehead atoms.